The molecule has 0 fully saturated rings. The fraction of sp³-hybridized carbons (Fsp3) is 0.200. The quantitative estimate of drug-likeness (QED) is 0.400. The number of halogens is 1. The average Bonchev–Trinajstić information content (AvgIpc) is 2.80. The molecule has 0 heterocycles. The van der Waals surface area contributed by atoms with Crippen molar-refractivity contribution < 1.29 is 33.7 Å². The summed E-state index contributed by atoms with van der Waals surface area (Å²) in [6.45, 7) is 1.16. The van der Waals surface area contributed by atoms with Gasteiger partial charge in [-0.15, -0.1) is 0 Å². The number of rotatable bonds is 9. The second-order valence-electron chi connectivity index (χ2n) is 7.28. The molecular weight excluding hydrogens is 429 g/mol. The summed E-state index contributed by atoms with van der Waals surface area (Å²) in [6, 6.07) is 18.6. The van der Waals surface area contributed by atoms with Crippen LogP contribution in [0.4, 0.5) is 14.9 Å². The van der Waals surface area contributed by atoms with Crippen molar-refractivity contribution >= 4 is 17.6 Å². The van der Waals surface area contributed by atoms with Crippen LogP contribution in [0.1, 0.15) is 35.4 Å². The molecule has 33 heavy (non-hydrogen) atoms. The van der Waals surface area contributed by atoms with E-state index in [9.17, 15) is 24.2 Å². The van der Waals surface area contributed by atoms with E-state index >= 15 is 0 Å². The summed E-state index contributed by atoms with van der Waals surface area (Å²) in [6.07, 6.45) is -2.72. The van der Waals surface area contributed by atoms with E-state index in [-0.39, 0.29) is 24.4 Å². The molecule has 0 spiro atoms. The predicted molar refractivity (Wildman–Crippen MR) is 120 cm³/mol. The van der Waals surface area contributed by atoms with Gasteiger partial charge in [-0.1, -0.05) is 24.3 Å². The van der Waals surface area contributed by atoms with E-state index in [0.717, 1.165) is 12.1 Å². The molecular formula is C25H24FNO6. The molecule has 2 atom stereocenters. The van der Waals surface area contributed by atoms with Crippen molar-refractivity contribution in [2.24, 2.45) is 0 Å². The molecule has 7 nitrogen and oxygen atoms in total. The molecule has 8 heteroatoms. The first-order valence-electron chi connectivity index (χ1n) is 10.3. The van der Waals surface area contributed by atoms with Crippen LogP contribution in [-0.4, -0.2) is 34.8 Å². The average molecular weight is 453 g/mol. The predicted octanol–water partition coefficient (Wildman–Crippen LogP) is 4.85. The zero-order valence-corrected chi connectivity index (χ0v) is 17.9. The topological polar surface area (TPSA) is 105 Å². The van der Waals surface area contributed by atoms with Gasteiger partial charge in [0.1, 0.15) is 11.9 Å². The smallest absolute Gasteiger partial charge is 0.412 e. The van der Waals surface area contributed by atoms with Crippen molar-refractivity contribution in [3.63, 3.8) is 0 Å². The van der Waals surface area contributed by atoms with E-state index in [1.54, 1.807) is 48.5 Å². The third kappa shape index (κ3) is 6.54. The van der Waals surface area contributed by atoms with Crippen molar-refractivity contribution in [1.29, 1.82) is 0 Å². The van der Waals surface area contributed by atoms with Gasteiger partial charge in [0.15, 0.2) is 23.5 Å². The first-order chi connectivity index (χ1) is 15.9. The molecule has 3 aromatic carbocycles. The van der Waals surface area contributed by atoms with Crippen molar-refractivity contribution in [2.45, 2.75) is 25.6 Å². The van der Waals surface area contributed by atoms with Crippen LogP contribution in [0.15, 0.2) is 72.8 Å². The van der Waals surface area contributed by atoms with Crippen LogP contribution in [0.3, 0.4) is 0 Å². The van der Waals surface area contributed by atoms with E-state index in [0.29, 0.717) is 17.0 Å². The number of nitrogens with one attached hydrogen (secondary N) is 1. The molecule has 3 N–H and O–H groups in total. The molecule has 0 aliphatic carbocycles. The van der Waals surface area contributed by atoms with Crippen LogP contribution < -0.4 is 10.1 Å². The van der Waals surface area contributed by atoms with Gasteiger partial charge in [0.2, 0.25) is 0 Å². The maximum atomic E-state index is 14.1. The van der Waals surface area contributed by atoms with Crippen molar-refractivity contribution in [3.05, 3.63) is 89.7 Å². The minimum Gasteiger partial charge on any atom is -0.505 e. The molecule has 0 aliphatic heterocycles. The summed E-state index contributed by atoms with van der Waals surface area (Å²) in [5.41, 5.74) is 1.12. The summed E-state index contributed by atoms with van der Waals surface area (Å²) in [7, 11) is 0. The lowest BCUT2D eigenvalue weighted by Crippen LogP contribution is -2.32. The highest BCUT2D eigenvalue weighted by molar-refractivity contribution is 5.95. The largest absolute Gasteiger partial charge is 0.505 e. The van der Waals surface area contributed by atoms with Crippen LogP contribution in [-0.2, 0) is 4.74 Å². The second kappa shape index (κ2) is 11.1. The Kier molecular flexibility index (Phi) is 7.99. The Morgan fingerprint density at radius 1 is 1.03 bits per heavy atom. The highest BCUT2D eigenvalue weighted by atomic mass is 19.1. The summed E-state index contributed by atoms with van der Waals surface area (Å²) < 4.78 is 25.6. The Balaban J connectivity index is 1.85. The number of hydrogen-bond acceptors (Lipinski definition) is 6. The normalized spacial score (nSPS) is 12.5. The van der Waals surface area contributed by atoms with Gasteiger partial charge in [0.05, 0.1) is 0 Å². The van der Waals surface area contributed by atoms with Crippen molar-refractivity contribution in [1.82, 2.24) is 0 Å². The Hall–Kier alpha value is -3.91. The highest BCUT2D eigenvalue weighted by Crippen LogP contribution is 2.30. The van der Waals surface area contributed by atoms with Crippen LogP contribution in [0, 0.1) is 5.82 Å². The fourth-order valence-electron chi connectivity index (χ4n) is 3.18. The first kappa shape index (κ1) is 23.7. The number of ketones is 1. The fourth-order valence-corrected chi connectivity index (χ4v) is 3.18. The Bertz CT molecular complexity index is 1090. The Morgan fingerprint density at radius 2 is 1.73 bits per heavy atom. The van der Waals surface area contributed by atoms with Gasteiger partial charge >= 0.3 is 6.09 Å². The molecule has 0 unspecified atom stereocenters. The Morgan fingerprint density at radius 3 is 2.33 bits per heavy atom. The third-order valence-corrected chi connectivity index (χ3v) is 4.85. The number of aromatic hydroxyl groups is 1. The van der Waals surface area contributed by atoms with Gasteiger partial charge in [0, 0.05) is 24.3 Å². The molecule has 0 saturated heterocycles. The van der Waals surface area contributed by atoms with Crippen molar-refractivity contribution in [2.75, 3.05) is 11.9 Å². The molecule has 0 saturated carbocycles. The minimum absolute atomic E-state index is 0.0860. The molecule has 0 aliphatic rings. The number of Topliss-reactive ketones (excluding diaryl/α,β-unsaturated/α-hetero) is 1. The van der Waals surface area contributed by atoms with Gasteiger partial charge in [0.25, 0.3) is 0 Å². The molecule has 0 radical (unpaired) electrons. The van der Waals surface area contributed by atoms with Gasteiger partial charge < -0.3 is 19.7 Å². The zero-order chi connectivity index (χ0) is 23.8. The zero-order valence-electron chi connectivity index (χ0n) is 17.9. The van der Waals surface area contributed by atoms with Gasteiger partial charge in [-0.25, -0.2) is 9.18 Å². The highest BCUT2D eigenvalue weighted by Gasteiger charge is 2.30. The van der Waals surface area contributed by atoms with Gasteiger partial charge in [-0.3, -0.25) is 10.1 Å². The second-order valence-corrected chi connectivity index (χ2v) is 7.28. The number of hydrogen-bond donors (Lipinski definition) is 3. The van der Waals surface area contributed by atoms with E-state index in [1.807, 2.05) is 6.07 Å². The summed E-state index contributed by atoms with van der Waals surface area (Å²) in [5.74, 6) is -1.06. The lowest BCUT2D eigenvalue weighted by atomic mass is 10.0. The van der Waals surface area contributed by atoms with E-state index in [2.05, 4.69) is 5.32 Å². The molecule has 172 valence electrons. The summed E-state index contributed by atoms with van der Waals surface area (Å²) in [5, 5.41) is 21.7. The number of phenols is 1. The lowest BCUT2D eigenvalue weighted by molar-refractivity contribution is 0.00892. The number of phenolic OH excluding ortho intramolecular Hbond substituents is 1. The number of para-hydroxylation sites is 1. The van der Waals surface area contributed by atoms with E-state index in [1.165, 1.54) is 13.0 Å². The van der Waals surface area contributed by atoms with Gasteiger partial charge in [-0.2, -0.15) is 0 Å². The summed E-state index contributed by atoms with van der Waals surface area (Å²) in [4.78, 5) is 24.1. The minimum atomic E-state index is -1.11. The number of carbonyl (C=O) groups excluding carboxylic acids is 2. The van der Waals surface area contributed by atoms with Crippen molar-refractivity contribution in [3.8, 4) is 11.5 Å². The molecule has 0 bridgehead atoms. The standard InChI is InChI=1S/C25H24FNO6/c1-16(29)17-7-10-19(11-8-17)27-25(31)33-24(18-9-12-22(30)21(26)15-18)23(13-14-28)32-20-5-3-2-4-6-20/h2-12,15,23-24,28,30H,13-14H2,1H3,(H,27,31)/t23-,24-/m0/s1. The first-order valence-corrected chi connectivity index (χ1v) is 10.3. The monoisotopic (exact) mass is 453 g/mol. The molecule has 0 aromatic heterocycles. The number of carbonyl (C=O) groups is 2. The number of benzene rings is 3. The van der Waals surface area contributed by atoms with Crippen LogP contribution in [0.2, 0.25) is 0 Å². The molecule has 3 rings (SSSR count). The third-order valence-electron chi connectivity index (χ3n) is 4.85. The Labute approximate surface area is 190 Å². The maximum Gasteiger partial charge on any atom is 0.412 e. The number of aliphatic hydroxyl groups is 1. The van der Waals surface area contributed by atoms with Crippen LogP contribution in [0.25, 0.3) is 0 Å². The molecule has 3 aromatic rings. The van der Waals surface area contributed by atoms with E-state index in [4.69, 9.17) is 9.47 Å². The summed E-state index contributed by atoms with van der Waals surface area (Å²) >= 11 is 0. The number of aliphatic hydroxyl groups excluding tert-OH is 1. The number of amides is 1. The van der Waals surface area contributed by atoms with Crippen LogP contribution >= 0.6 is 0 Å². The maximum absolute atomic E-state index is 14.1. The number of anilines is 1. The number of ether oxygens (including phenoxy) is 2. The molecule has 1 amide bonds. The lowest BCUT2D eigenvalue weighted by Gasteiger charge is -2.28. The van der Waals surface area contributed by atoms with E-state index < -0.39 is 29.9 Å². The van der Waals surface area contributed by atoms with Crippen LogP contribution in [0.5, 0.6) is 11.5 Å². The SMILES string of the molecule is CC(=O)c1ccc(NC(=O)O[C@@H](c2ccc(O)c(F)c2)[C@H](CCO)Oc2ccccc2)cc1. The van der Waals surface area contributed by atoms with Gasteiger partial charge in [-0.05, 0) is 61.0 Å².